The van der Waals surface area contributed by atoms with Gasteiger partial charge in [0.15, 0.2) is 0 Å². The molecule has 1 aliphatic heterocycles. The number of hydrogen-bond acceptors (Lipinski definition) is 4. The second-order valence-electron chi connectivity index (χ2n) is 4.57. The van der Waals surface area contributed by atoms with E-state index in [4.69, 9.17) is 14.3 Å². The summed E-state index contributed by atoms with van der Waals surface area (Å²) in [6, 6.07) is 1.58. The maximum absolute atomic E-state index is 10.8. The molecule has 1 aromatic rings. The van der Waals surface area contributed by atoms with Crippen molar-refractivity contribution in [2.45, 2.75) is 32.4 Å². The van der Waals surface area contributed by atoms with Crippen LogP contribution >= 0.6 is 0 Å². The van der Waals surface area contributed by atoms with Crippen LogP contribution in [0.4, 0.5) is 0 Å². The van der Waals surface area contributed by atoms with Gasteiger partial charge < -0.3 is 14.3 Å². The summed E-state index contributed by atoms with van der Waals surface area (Å²) in [7, 11) is 0. The van der Waals surface area contributed by atoms with E-state index in [9.17, 15) is 4.79 Å². The fourth-order valence-corrected chi connectivity index (χ4v) is 2.18. The first-order valence-electron chi connectivity index (χ1n) is 6.33. The summed E-state index contributed by atoms with van der Waals surface area (Å²) in [6.45, 7) is 5.33. The molecule has 1 saturated heterocycles. The highest BCUT2D eigenvalue weighted by Gasteiger charge is 2.19. The van der Waals surface area contributed by atoms with Gasteiger partial charge in [0.2, 0.25) is 0 Å². The fourth-order valence-electron chi connectivity index (χ4n) is 2.18. The van der Waals surface area contributed by atoms with Gasteiger partial charge >= 0.3 is 5.97 Å². The van der Waals surface area contributed by atoms with E-state index < -0.39 is 5.97 Å². The molecule has 1 N–H and O–H groups in total. The van der Waals surface area contributed by atoms with E-state index in [-0.39, 0.29) is 5.56 Å². The van der Waals surface area contributed by atoms with Crippen molar-refractivity contribution in [2.75, 3.05) is 19.7 Å². The third-order valence-corrected chi connectivity index (χ3v) is 3.21. The molecule has 5 nitrogen and oxygen atoms in total. The lowest BCUT2D eigenvalue weighted by molar-refractivity contribution is 0.0694. The van der Waals surface area contributed by atoms with Crippen molar-refractivity contribution < 1.29 is 19.1 Å². The number of rotatable bonds is 6. The summed E-state index contributed by atoms with van der Waals surface area (Å²) in [5.74, 6) is -0.264. The van der Waals surface area contributed by atoms with Crippen LogP contribution in [0.3, 0.4) is 0 Å². The Balaban J connectivity index is 1.89. The highest BCUT2D eigenvalue weighted by molar-refractivity contribution is 5.87. The summed E-state index contributed by atoms with van der Waals surface area (Å²) >= 11 is 0. The highest BCUT2D eigenvalue weighted by Crippen LogP contribution is 2.16. The van der Waals surface area contributed by atoms with Crippen LogP contribution < -0.4 is 0 Å². The SMILES string of the molecule is CCN(Cc1cc(C(=O)O)co1)CC1CCCO1. The predicted octanol–water partition coefficient (Wildman–Crippen LogP) is 1.98. The molecule has 5 heteroatoms. The first kappa shape index (κ1) is 13.1. The van der Waals surface area contributed by atoms with Gasteiger partial charge in [0.25, 0.3) is 0 Å². The molecule has 1 atom stereocenters. The largest absolute Gasteiger partial charge is 0.478 e. The molecule has 0 radical (unpaired) electrons. The van der Waals surface area contributed by atoms with Crippen LogP contribution in [0.15, 0.2) is 16.7 Å². The Kier molecular flexibility index (Phi) is 4.38. The number of hydrogen-bond donors (Lipinski definition) is 1. The minimum absolute atomic E-state index is 0.207. The number of carboxylic acid groups (broad SMARTS) is 1. The number of carboxylic acids is 1. The van der Waals surface area contributed by atoms with E-state index in [1.165, 1.54) is 6.26 Å². The van der Waals surface area contributed by atoms with Gasteiger partial charge in [0.1, 0.15) is 12.0 Å². The summed E-state index contributed by atoms with van der Waals surface area (Å²) < 4.78 is 10.9. The number of furan rings is 1. The lowest BCUT2D eigenvalue weighted by atomic mass is 10.2. The van der Waals surface area contributed by atoms with Gasteiger partial charge in [-0.1, -0.05) is 6.92 Å². The molecule has 0 spiro atoms. The van der Waals surface area contributed by atoms with Gasteiger partial charge in [0.05, 0.1) is 18.2 Å². The van der Waals surface area contributed by atoms with E-state index in [2.05, 4.69) is 11.8 Å². The van der Waals surface area contributed by atoms with E-state index in [1.54, 1.807) is 6.07 Å². The van der Waals surface area contributed by atoms with E-state index in [0.717, 1.165) is 32.5 Å². The summed E-state index contributed by atoms with van der Waals surface area (Å²) in [6.07, 6.45) is 3.83. The van der Waals surface area contributed by atoms with Crippen molar-refractivity contribution in [1.82, 2.24) is 4.90 Å². The third-order valence-electron chi connectivity index (χ3n) is 3.21. The first-order chi connectivity index (χ1) is 8.69. The standard InChI is InChI=1S/C13H19NO4/c1-2-14(7-11-4-3-5-17-11)8-12-6-10(9-18-12)13(15)16/h6,9,11H,2-5,7-8H2,1H3,(H,15,16). The van der Waals surface area contributed by atoms with Crippen molar-refractivity contribution in [3.05, 3.63) is 23.7 Å². The second-order valence-corrected chi connectivity index (χ2v) is 4.57. The zero-order chi connectivity index (χ0) is 13.0. The quantitative estimate of drug-likeness (QED) is 0.839. The molecule has 100 valence electrons. The van der Waals surface area contributed by atoms with Gasteiger partial charge in [-0.25, -0.2) is 4.79 Å². The van der Waals surface area contributed by atoms with Crippen molar-refractivity contribution in [2.24, 2.45) is 0 Å². The van der Waals surface area contributed by atoms with Gasteiger partial charge in [-0.15, -0.1) is 0 Å². The summed E-state index contributed by atoms with van der Waals surface area (Å²) in [5, 5.41) is 8.83. The van der Waals surface area contributed by atoms with Gasteiger partial charge in [0, 0.05) is 13.2 Å². The van der Waals surface area contributed by atoms with E-state index in [1.807, 2.05) is 0 Å². The minimum Gasteiger partial charge on any atom is -0.478 e. The Labute approximate surface area is 106 Å². The van der Waals surface area contributed by atoms with Crippen LogP contribution in [0.2, 0.25) is 0 Å². The van der Waals surface area contributed by atoms with Crippen molar-refractivity contribution >= 4 is 5.97 Å². The van der Waals surface area contributed by atoms with Gasteiger partial charge in [-0.3, -0.25) is 4.90 Å². The monoisotopic (exact) mass is 253 g/mol. The molecule has 2 rings (SSSR count). The molecule has 1 fully saturated rings. The van der Waals surface area contributed by atoms with Gasteiger partial charge in [-0.05, 0) is 25.5 Å². The molecule has 2 heterocycles. The molecular formula is C13H19NO4. The summed E-state index contributed by atoms with van der Waals surface area (Å²) in [4.78, 5) is 13.0. The maximum Gasteiger partial charge on any atom is 0.338 e. The lowest BCUT2D eigenvalue weighted by Crippen LogP contribution is -2.31. The number of nitrogens with zero attached hydrogens (tertiary/aromatic N) is 1. The number of aromatic carboxylic acids is 1. The van der Waals surface area contributed by atoms with Crippen LogP contribution in [-0.4, -0.2) is 41.8 Å². The fraction of sp³-hybridized carbons (Fsp3) is 0.615. The number of likely N-dealkylation sites (N-methyl/N-ethyl adjacent to an activating group) is 1. The number of carbonyl (C=O) groups is 1. The minimum atomic E-state index is -0.952. The molecule has 0 amide bonds. The predicted molar refractivity (Wildman–Crippen MR) is 65.6 cm³/mol. The Bertz CT molecular complexity index is 395. The molecule has 0 saturated carbocycles. The normalized spacial score (nSPS) is 19.6. The van der Waals surface area contributed by atoms with Gasteiger partial charge in [-0.2, -0.15) is 0 Å². The maximum atomic E-state index is 10.8. The second kappa shape index (κ2) is 6.02. The molecule has 1 aliphatic rings. The lowest BCUT2D eigenvalue weighted by Gasteiger charge is -2.22. The molecular weight excluding hydrogens is 234 g/mol. The molecule has 1 aromatic heterocycles. The van der Waals surface area contributed by atoms with E-state index in [0.29, 0.717) is 18.4 Å². The Morgan fingerprint density at radius 2 is 2.44 bits per heavy atom. The average Bonchev–Trinajstić information content (AvgIpc) is 2.99. The van der Waals surface area contributed by atoms with Crippen LogP contribution in [-0.2, 0) is 11.3 Å². The zero-order valence-electron chi connectivity index (χ0n) is 10.6. The molecule has 0 bridgehead atoms. The van der Waals surface area contributed by atoms with Crippen molar-refractivity contribution in [3.63, 3.8) is 0 Å². The molecule has 1 unspecified atom stereocenters. The zero-order valence-corrected chi connectivity index (χ0v) is 10.6. The van der Waals surface area contributed by atoms with Crippen LogP contribution in [0.25, 0.3) is 0 Å². The van der Waals surface area contributed by atoms with Crippen LogP contribution in [0, 0.1) is 0 Å². The van der Waals surface area contributed by atoms with Crippen molar-refractivity contribution in [1.29, 1.82) is 0 Å². The Hall–Kier alpha value is -1.33. The smallest absolute Gasteiger partial charge is 0.338 e. The molecule has 0 aromatic carbocycles. The Morgan fingerprint density at radius 3 is 3.00 bits per heavy atom. The molecule has 18 heavy (non-hydrogen) atoms. The average molecular weight is 253 g/mol. The number of ether oxygens (including phenoxy) is 1. The summed E-state index contributed by atoms with van der Waals surface area (Å²) in [5.41, 5.74) is 0.207. The van der Waals surface area contributed by atoms with Crippen molar-refractivity contribution in [3.8, 4) is 0 Å². The molecule has 0 aliphatic carbocycles. The van der Waals surface area contributed by atoms with Crippen LogP contribution in [0.5, 0.6) is 0 Å². The topological polar surface area (TPSA) is 62.9 Å². The highest BCUT2D eigenvalue weighted by atomic mass is 16.5. The first-order valence-corrected chi connectivity index (χ1v) is 6.33. The third kappa shape index (κ3) is 3.34. The van der Waals surface area contributed by atoms with E-state index >= 15 is 0 Å². The van der Waals surface area contributed by atoms with Crippen LogP contribution in [0.1, 0.15) is 35.9 Å². The Morgan fingerprint density at radius 1 is 1.61 bits per heavy atom.